The quantitative estimate of drug-likeness (QED) is 0.607. The average molecular weight is 379 g/mol. The Morgan fingerprint density at radius 3 is 2.64 bits per heavy atom. The Bertz CT molecular complexity index is 963. The maximum Gasteiger partial charge on any atom is 0.338 e. The molecule has 1 amide bonds. The lowest BCUT2D eigenvalue weighted by Crippen LogP contribution is -2.13. The van der Waals surface area contributed by atoms with Crippen LogP contribution in [0, 0.1) is 6.92 Å². The smallest absolute Gasteiger partial charge is 0.338 e. The van der Waals surface area contributed by atoms with Gasteiger partial charge in [0.1, 0.15) is 12.4 Å². The molecule has 3 aromatic rings. The summed E-state index contributed by atoms with van der Waals surface area (Å²) in [5.74, 6) is 0.0112. The highest BCUT2D eigenvalue weighted by Crippen LogP contribution is 2.21. The van der Waals surface area contributed by atoms with Gasteiger partial charge in [-0.05, 0) is 49.7 Å². The van der Waals surface area contributed by atoms with E-state index in [9.17, 15) is 9.59 Å². The molecule has 0 atom stereocenters. The van der Waals surface area contributed by atoms with Crippen molar-refractivity contribution in [1.29, 1.82) is 0 Å². The van der Waals surface area contributed by atoms with Crippen molar-refractivity contribution < 1.29 is 23.5 Å². The van der Waals surface area contributed by atoms with Crippen LogP contribution in [0.5, 0.6) is 5.75 Å². The number of para-hydroxylation sites is 1. The van der Waals surface area contributed by atoms with Crippen LogP contribution < -0.4 is 10.1 Å². The van der Waals surface area contributed by atoms with Gasteiger partial charge in [0.15, 0.2) is 5.76 Å². The first-order valence-corrected chi connectivity index (χ1v) is 8.92. The minimum atomic E-state index is -0.486. The maximum atomic E-state index is 12.5. The zero-order valence-electron chi connectivity index (χ0n) is 15.7. The topological polar surface area (TPSA) is 77.8 Å². The van der Waals surface area contributed by atoms with Crippen LogP contribution in [0.3, 0.4) is 0 Å². The number of aryl methyl sites for hydroxylation is 1. The fraction of sp³-hybridized carbons (Fsp3) is 0.182. The molecule has 1 N–H and O–H groups in total. The number of carbonyl (C=O) groups excluding carboxylic acids is 2. The lowest BCUT2D eigenvalue weighted by Gasteiger charge is -2.12. The van der Waals surface area contributed by atoms with Crippen molar-refractivity contribution >= 4 is 17.6 Å². The Kier molecular flexibility index (Phi) is 6.11. The van der Waals surface area contributed by atoms with Gasteiger partial charge in [0.2, 0.25) is 0 Å². The van der Waals surface area contributed by atoms with E-state index in [-0.39, 0.29) is 18.3 Å². The number of furan rings is 1. The summed E-state index contributed by atoms with van der Waals surface area (Å²) in [5.41, 5.74) is 2.47. The number of amides is 1. The normalized spacial score (nSPS) is 10.4. The zero-order chi connectivity index (χ0) is 19.9. The number of benzene rings is 2. The highest BCUT2D eigenvalue weighted by molar-refractivity contribution is 6.03. The van der Waals surface area contributed by atoms with Crippen LogP contribution in [0.25, 0.3) is 0 Å². The van der Waals surface area contributed by atoms with Crippen molar-refractivity contribution in [1.82, 2.24) is 0 Å². The molecule has 0 spiro atoms. The van der Waals surface area contributed by atoms with Crippen LogP contribution in [0.15, 0.2) is 65.3 Å². The van der Waals surface area contributed by atoms with Crippen molar-refractivity contribution in [3.63, 3.8) is 0 Å². The summed E-state index contributed by atoms with van der Waals surface area (Å²) in [6, 6.07) is 15.6. The third-order valence-corrected chi connectivity index (χ3v) is 4.10. The van der Waals surface area contributed by atoms with Gasteiger partial charge in [-0.3, -0.25) is 4.79 Å². The highest BCUT2D eigenvalue weighted by Gasteiger charge is 2.14. The van der Waals surface area contributed by atoms with Crippen molar-refractivity contribution in [2.75, 3.05) is 11.9 Å². The fourth-order valence-corrected chi connectivity index (χ4v) is 2.62. The number of hydrogen-bond donors (Lipinski definition) is 1. The van der Waals surface area contributed by atoms with Crippen LogP contribution in [0.2, 0.25) is 0 Å². The van der Waals surface area contributed by atoms with Gasteiger partial charge in [0, 0.05) is 11.3 Å². The number of rotatable bonds is 7. The third-order valence-electron chi connectivity index (χ3n) is 4.10. The Morgan fingerprint density at radius 2 is 1.89 bits per heavy atom. The lowest BCUT2D eigenvalue weighted by molar-refractivity contribution is 0.0469. The molecular weight excluding hydrogens is 358 g/mol. The number of nitrogens with one attached hydrogen (secondary N) is 1. The molecule has 3 rings (SSSR count). The molecule has 1 heterocycles. The van der Waals surface area contributed by atoms with Gasteiger partial charge in [0.25, 0.3) is 5.91 Å². The summed E-state index contributed by atoms with van der Waals surface area (Å²) in [5, 5.41) is 2.75. The second-order valence-electron chi connectivity index (χ2n) is 6.08. The lowest BCUT2D eigenvalue weighted by atomic mass is 10.1. The summed E-state index contributed by atoms with van der Waals surface area (Å²) < 4.78 is 16.1. The van der Waals surface area contributed by atoms with Gasteiger partial charge in [0.05, 0.1) is 18.4 Å². The Labute approximate surface area is 163 Å². The monoisotopic (exact) mass is 379 g/mol. The summed E-state index contributed by atoms with van der Waals surface area (Å²) in [6.07, 6.45) is 1.43. The van der Waals surface area contributed by atoms with Crippen molar-refractivity contribution in [2.24, 2.45) is 0 Å². The first-order chi connectivity index (χ1) is 13.6. The molecule has 0 unspecified atom stereocenters. The molecule has 0 aliphatic heterocycles. The molecular formula is C22H21NO5. The molecule has 2 aromatic carbocycles. The summed E-state index contributed by atoms with van der Waals surface area (Å²) in [6.45, 7) is 4.36. The van der Waals surface area contributed by atoms with Crippen LogP contribution in [0.1, 0.15) is 39.0 Å². The fourth-order valence-electron chi connectivity index (χ4n) is 2.62. The summed E-state index contributed by atoms with van der Waals surface area (Å²) >= 11 is 0. The molecule has 0 saturated carbocycles. The van der Waals surface area contributed by atoms with Crippen LogP contribution >= 0.6 is 0 Å². The number of carbonyl (C=O) groups is 2. The molecule has 6 heteroatoms. The minimum absolute atomic E-state index is 0.0942. The Hall–Kier alpha value is -3.54. The molecule has 6 nitrogen and oxygen atoms in total. The third kappa shape index (κ3) is 4.59. The molecule has 144 valence electrons. The zero-order valence-corrected chi connectivity index (χ0v) is 15.7. The molecule has 0 aliphatic rings. The van der Waals surface area contributed by atoms with E-state index in [1.165, 1.54) is 6.26 Å². The first kappa shape index (κ1) is 19.2. The summed E-state index contributed by atoms with van der Waals surface area (Å²) in [7, 11) is 0. The second-order valence-corrected chi connectivity index (χ2v) is 6.08. The SMILES string of the molecule is CCOc1ccccc1COC(=O)c1ccc(C)c(NC(=O)c2ccco2)c1. The van der Waals surface area contributed by atoms with Crippen LogP contribution in [0.4, 0.5) is 5.69 Å². The molecule has 0 radical (unpaired) electrons. The van der Waals surface area contributed by atoms with E-state index in [2.05, 4.69) is 5.32 Å². The first-order valence-electron chi connectivity index (χ1n) is 8.92. The van der Waals surface area contributed by atoms with E-state index >= 15 is 0 Å². The van der Waals surface area contributed by atoms with E-state index in [1.54, 1.807) is 30.3 Å². The molecule has 0 fully saturated rings. The molecule has 0 bridgehead atoms. The standard InChI is InChI=1S/C22H21NO5/c1-3-26-19-8-5-4-7-17(19)14-28-22(25)16-11-10-15(2)18(13-16)23-21(24)20-9-6-12-27-20/h4-13H,3,14H2,1-2H3,(H,23,24). The van der Waals surface area contributed by atoms with Crippen molar-refractivity contribution in [3.05, 3.63) is 83.3 Å². The predicted octanol–water partition coefficient (Wildman–Crippen LogP) is 4.60. The van der Waals surface area contributed by atoms with E-state index in [0.717, 1.165) is 11.1 Å². The highest BCUT2D eigenvalue weighted by atomic mass is 16.5. The predicted molar refractivity (Wildman–Crippen MR) is 105 cm³/mol. The molecule has 28 heavy (non-hydrogen) atoms. The van der Waals surface area contributed by atoms with Crippen molar-refractivity contribution in [3.8, 4) is 5.75 Å². The van der Waals surface area contributed by atoms with E-state index in [4.69, 9.17) is 13.9 Å². The molecule has 1 aromatic heterocycles. The van der Waals surface area contributed by atoms with E-state index in [1.807, 2.05) is 38.1 Å². The van der Waals surface area contributed by atoms with Crippen LogP contribution in [-0.2, 0) is 11.3 Å². The molecule has 0 saturated heterocycles. The van der Waals surface area contributed by atoms with Gasteiger partial charge >= 0.3 is 5.97 Å². The van der Waals surface area contributed by atoms with E-state index < -0.39 is 5.97 Å². The number of hydrogen-bond acceptors (Lipinski definition) is 5. The van der Waals surface area contributed by atoms with E-state index in [0.29, 0.717) is 23.6 Å². The van der Waals surface area contributed by atoms with Gasteiger partial charge < -0.3 is 19.2 Å². The molecule has 0 aliphatic carbocycles. The number of anilines is 1. The summed E-state index contributed by atoms with van der Waals surface area (Å²) in [4.78, 5) is 24.7. The van der Waals surface area contributed by atoms with Gasteiger partial charge in [-0.1, -0.05) is 24.3 Å². The Morgan fingerprint density at radius 1 is 1.07 bits per heavy atom. The average Bonchev–Trinajstić information content (AvgIpc) is 3.24. The Balaban J connectivity index is 1.70. The minimum Gasteiger partial charge on any atom is -0.493 e. The number of esters is 1. The van der Waals surface area contributed by atoms with Gasteiger partial charge in [-0.2, -0.15) is 0 Å². The van der Waals surface area contributed by atoms with Gasteiger partial charge in [-0.15, -0.1) is 0 Å². The van der Waals surface area contributed by atoms with Gasteiger partial charge in [-0.25, -0.2) is 4.79 Å². The van der Waals surface area contributed by atoms with Crippen LogP contribution in [-0.4, -0.2) is 18.5 Å². The number of ether oxygens (including phenoxy) is 2. The van der Waals surface area contributed by atoms with Crippen molar-refractivity contribution in [2.45, 2.75) is 20.5 Å². The largest absolute Gasteiger partial charge is 0.493 e. The maximum absolute atomic E-state index is 12.5. The second kappa shape index (κ2) is 8.90.